The van der Waals surface area contributed by atoms with Crippen LogP contribution in [0.3, 0.4) is 0 Å². The normalized spacial score (nSPS) is 15.0. The summed E-state index contributed by atoms with van der Waals surface area (Å²) < 4.78 is 0. The summed E-state index contributed by atoms with van der Waals surface area (Å²) in [4.78, 5) is 2.57. The van der Waals surface area contributed by atoms with Gasteiger partial charge in [0, 0.05) is 19.6 Å². The van der Waals surface area contributed by atoms with Crippen molar-refractivity contribution in [2.75, 3.05) is 19.6 Å². The summed E-state index contributed by atoms with van der Waals surface area (Å²) in [6, 6.07) is 8.89. The molecule has 1 aromatic carbocycles. The first-order chi connectivity index (χ1) is 11.7. The molecule has 0 bridgehead atoms. The number of nitrogens with one attached hydrogen (secondary N) is 2. The van der Waals surface area contributed by atoms with Crippen LogP contribution in [0, 0.1) is 0 Å². The van der Waals surface area contributed by atoms with Crippen molar-refractivity contribution < 1.29 is 0 Å². The molecule has 3 nitrogen and oxygen atoms in total. The largest absolute Gasteiger partial charge is 0.369 e. The average Bonchev–Trinajstić information content (AvgIpc) is 2.60. The van der Waals surface area contributed by atoms with Gasteiger partial charge in [0.05, 0.1) is 5.82 Å². The van der Waals surface area contributed by atoms with E-state index in [2.05, 4.69) is 59.9 Å². The minimum absolute atomic E-state index is 0.800. The second-order valence-electron chi connectivity index (χ2n) is 6.84. The molecule has 0 amide bonds. The molecule has 0 atom stereocenters. The molecule has 1 aliphatic rings. The smallest absolute Gasteiger partial charge is 0.0917 e. The molecule has 2 N–H and O–H groups in total. The molecule has 0 unspecified atom stereocenters. The Bertz CT molecular complexity index is 530. The molecule has 132 valence electrons. The van der Waals surface area contributed by atoms with Gasteiger partial charge in [-0.3, -0.25) is 4.90 Å². The molecule has 0 aliphatic carbocycles. The van der Waals surface area contributed by atoms with E-state index in [1.165, 1.54) is 49.1 Å². The van der Waals surface area contributed by atoms with Crippen LogP contribution in [0.2, 0.25) is 0 Å². The average molecular weight is 328 g/mol. The molecule has 3 heteroatoms. The Labute approximate surface area is 147 Å². The monoisotopic (exact) mass is 327 g/mol. The highest BCUT2D eigenvalue weighted by molar-refractivity contribution is 5.24. The zero-order chi connectivity index (χ0) is 17.2. The van der Waals surface area contributed by atoms with Crippen LogP contribution in [-0.2, 0) is 13.1 Å². The maximum atomic E-state index is 4.07. The maximum absolute atomic E-state index is 4.07. The molecule has 2 rings (SSSR count). The molecular formula is C21H33N3. The standard InChI is InChI=1S/C21H33N3/c1-4-9-18(2)15-22-19(3)23-16-20-10-8-11-21(14-20)17-24-12-6-5-7-13-24/h8,10-11,14,22-23H,2-7,9,12-13,15-17H2,1H3. The lowest BCUT2D eigenvalue weighted by atomic mass is 10.1. The Balaban J connectivity index is 1.75. The second-order valence-corrected chi connectivity index (χ2v) is 6.84. The van der Waals surface area contributed by atoms with E-state index in [4.69, 9.17) is 0 Å². The minimum atomic E-state index is 0.800. The highest BCUT2D eigenvalue weighted by atomic mass is 15.1. The van der Waals surface area contributed by atoms with Gasteiger partial charge in [0.1, 0.15) is 0 Å². The van der Waals surface area contributed by atoms with Gasteiger partial charge in [-0.1, -0.05) is 62.8 Å². The summed E-state index contributed by atoms with van der Waals surface area (Å²) in [7, 11) is 0. The van der Waals surface area contributed by atoms with Gasteiger partial charge in [0.25, 0.3) is 0 Å². The first-order valence-electron chi connectivity index (χ1n) is 9.31. The van der Waals surface area contributed by atoms with Gasteiger partial charge in [0.15, 0.2) is 0 Å². The molecule has 1 heterocycles. The molecule has 1 saturated heterocycles. The van der Waals surface area contributed by atoms with Gasteiger partial charge in [-0.2, -0.15) is 0 Å². The first kappa shape index (κ1) is 18.6. The number of likely N-dealkylation sites (tertiary alicyclic amines) is 1. The summed E-state index contributed by atoms with van der Waals surface area (Å²) >= 11 is 0. The van der Waals surface area contributed by atoms with E-state index in [0.717, 1.165) is 38.3 Å². The van der Waals surface area contributed by atoms with Crippen molar-refractivity contribution in [2.24, 2.45) is 0 Å². The number of piperidine rings is 1. The fourth-order valence-corrected chi connectivity index (χ4v) is 3.16. The first-order valence-corrected chi connectivity index (χ1v) is 9.31. The SMILES string of the molecule is C=C(CCC)CNC(=C)NCc1cccc(CN2CCCCC2)c1. The van der Waals surface area contributed by atoms with E-state index in [1.807, 2.05) is 0 Å². The third-order valence-electron chi connectivity index (χ3n) is 4.51. The van der Waals surface area contributed by atoms with Crippen molar-refractivity contribution in [3.8, 4) is 0 Å². The molecule has 0 radical (unpaired) electrons. The second kappa shape index (κ2) is 10.2. The third-order valence-corrected chi connectivity index (χ3v) is 4.51. The highest BCUT2D eigenvalue weighted by Crippen LogP contribution is 2.14. The molecule has 1 aliphatic heterocycles. The van der Waals surface area contributed by atoms with Gasteiger partial charge in [-0.05, 0) is 43.5 Å². The van der Waals surface area contributed by atoms with E-state index < -0.39 is 0 Å². The lowest BCUT2D eigenvalue weighted by Crippen LogP contribution is -2.29. The Hall–Kier alpha value is -1.74. The van der Waals surface area contributed by atoms with E-state index in [0.29, 0.717) is 0 Å². The number of hydrogen-bond donors (Lipinski definition) is 2. The summed E-state index contributed by atoms with van der Waals surface area (Å²) in [6.45, 7) is 15.4. The Kier molecular flexibility index (Phi) is 7.90. The lowest BCUT2D eigenvalue weighted by Gasteiger charge is -2.26. The van der Waals surface area contributed by atoms with Gasteiger partial charge in [0.2, 0.25) is 0 Å². The summed E-state index contributed by atoms with van der Waals surface area (Å²) in [5, 5.41) is 6.67. The van der Waals surface area contributed by atoms with Gasteiger partial charge < -0.3 is 10.6 Å². The molecule has 1 fully saturated rings. The van der Waals surface area contributed by atoms with Crippen molar-refractivity contribution in [2.45, 2.75) is 52.1 Å². The summed E-state index contributed by atoms with van der Waals surface area (Å²) in [5.41, 5.74) is 3.94. The van der Waals surface area contributed by atoms with Crippen molar-refractivity contribution in [3.63, 3.8) is 0 Å². The van der Waals surface area contributed by atoms with E-state index in [9.17, 15) is 0 Å². The van der Waals surface area contributed by atoms with Crippen LogP contribution >= 0.6 is 0 Å². The van der Waals surface area contributed by atoms with Crippen LogP contribution in [0.1, 0.15) is 50.2 Å². The number of hydrogen-bond acceptors (Lipinski definition) is 3. The van der Waals surface area contributed by atoms with Gasteiger partial charge in [-0.25, -0.2) is 0 Å². The fraction of sp³-hybridized carbons (Fsp3) is 0.524. The fourth-order valence-electron chi connectivity index (χ4n) is 3.16. The Morgan fingerprint density at radius 3 is 2.58 bits per heavy atom. The third kappa shape index (κ3) is 6.79. The summed E-state index contributed by atoms with van der Waals surface area (Å²) in [6.07, 6.45) is 6.29. The minimum Gasteiger partial charge on any atom is -0.369 e. The van der Waals surface area contributed by atoms with Crippen molar-refractivity contribution in [1.82, 2.24) is 15.5 Å². The van der Waals surface area contributed by atoms with E-state index >= 15 is 0 Å². The zero-order valence-corrected chi connectivity index (χ0v) is 15.2. The number of benzene rings is 1. The highest BCUT2D eigenvalue weighted by Gasteiger charge is 2.10. The summed E-state index contributed by atoms with van der Waals surface area (Å²) in [5.74, 6) is 0.869. The van der Waals surface area contributed by atoms with Crippen LogP contribution in [0.15, 0.2) is 48.8 Å². The van der Waals surface area contributed by atoms with E-state index in [-0.39, 0.29) is 0 Å². The van der Waals surface area contributed by atoms with Gasteiger partial charge >= 0.3 is 0 Å². The molecule has 24 heavy (non-hydrogen) atoms. The molecule has 1 aromatic rings. The Morgan fingerprint density at radius 2 is 1.83 bits per heavy atom. The zero-order valence-electron chi connectivity index (χ0n) is 15.2. The number of rotatable bonds is 10. The quantitative estimate of drug-likeness (QED) is 0.631. The topological polar surface area (TPSA) is 27.3 Å². The van der Waals surface area contributed by atoms with E-state index in [1.54, 1.807) is 0 Å². The van der Waals surface area contributed by atoms with Crippen LogP contribution in [0.5, 0.6) is 0 Å². The van der Waals surface area contributed by atoms with Crippen LogP contribution in [-0.4, -0.2) is 24.5 Å². The molecule has 0 spiro atoms. The predicted molar refractivity (Wildman–Crippen MR) is 104 cm³/mol. The predicted octanol–water partition coefficient (Wildman–Crippen LogP) is 4.18. The molecular weight excluding hydrogens is 294 g/mol. The Morgan fingerprint density at radius 1 is 1.08 bits per heavy atom. The van der Waals surface area contributed by atoms with Gasteiger partial charge in [-0.15, -0.1) is 0 Å². The van der Waals surface area contributed by atoms with Crippen molar-refractivity contribution in [1.29, 1.82) is 0 Å². The van der Waals surface area contributed by atoms with Crippen LogP contribution in [0.4, 0.5) is 0 Å². The van der Waals surface area contributed by atoms with Crippen LogP contribution < -0.4 is 10.6 Å². The maximum Gasteiger partial charge on any atom is 0.0917 e. The van der Waals surface area contributed by atoms with Crippen LogP contribution in [0.25, 0.3) is 0 Å². The molecule has 0 aromatic heterocycles. The van der Waals surface area contributed by atoms with Crippen molar-refractivity contribution >= 4 is 0 Å². The van der Waals surface area contributed by atoms with Crippen molar-refractivity contribution in [3.05, 3.63) is 59.9 Å². The molecule has 0 saturated carbocycles. The number of nitrogens with zero attached hydrogens (tertiary/aromatic N) is 1. The lowest BCUT2D eigenvalue weighted by molar-refractivity contribution is 0.221.